The molecule has 0 unspecified atom stereocenters. The van der Waals surface area contributed by atoms with E-state index in [2.05, 4.69) is 5.32 Å². The van der Waals surface area contributed by atoms with E-state index in [9.17, 15) is 9.59 Å². The van der Waals surface area contributed by atoms with E-state index in [1.165, 1.54) is 11.8 Å². The maximum Gasteiger partial charge on any atom is 0.259 e. The molecular formula is C27H24N4O2S. The molecule has 3 aromatic carbocycles. The summed E-state index contributed by atoms with van der Waals surface area (Å²) in [7, 11) is 0. The molecule has 2 aliphatic rings. The van der Waals surface area contributed by atoms with E-state index < -0.39 is 11.3 Å². The zero-order valence-electron chi connectivity index (χ0n) is 18.9. The lowest BCUT2D eigenvalue weighted by Gasteiger charge is -2.27. The van der Waals surface area contributed by atoms with Gasteiger partial charge in [0.1, 0.15) is 11.9 Å². The molecule has 170 valence electrons. The molecule has 2 amide bonds. The fourth-order valence-corrected chi connectivity index (χ4v) is 4.93. The summed E-state index contributed by atoms with van der Waals surface area (Å²) in [5, 5.41) is 2.99. The van der Waals surface area contributed by atoms with Crippen molar-refractivity contribution in [3.8, 4) is 0 Å². The largest absolute Gasteiger partial charge is 0.325 e. The number of hydrogen-bond acceptors (Lipinski definition) is 5. The number of carbonyl (C=O) groups is 2. The van der Waals surface area contributed by atoms with Crippen molar-refractivity contribution in [3.05, 3.63) is 95.6 Å². The van der Waals surface area contributed by atoms with Crippen LogP contribution in [-0.2, 0) is 16.0 Å². The molecule has 0 saturated heterocycles. The molecule has 0 bridgehead atoms. The Morgan fingerprint density at radius 1 is 1.03 bits per heavy atom. The highest BCUT2D eigenvalue weighted by Crippen LogP contribution is 2.35. The third-order valence-corrected chi connectivity index (χ3v) is 6.93. The standard InChI is InChI=1S/C27H24N4O2S/c1-17-10-6-8-14-21(17)29-25(32)18(2)34-27-30-22-15-9-7-13-20(22)24-28-23(26(33)31(24)27)16-19-11-4-3-5-12-19/h3-15,18,23H,16H2,1-2H3,(H,29,32)/t18-,23-/m0/s1. The van der Waals surface area contributed by atoms with Crippen molar-refractivity contribution < 1.29 is 9.59 Å². The Bertz CT molecular complexity index is 1320. The minimum Gasteiger partial charge on any atom is -0.325 e. The van der Waals surface area contributed by atoms with E-state index >= 15 is 0 Å². The van der Waals surface area contributed by atoms with Crippen molar-refractivity contribution >= 4 is 46.0 Å². The van der Waals surface area contributed by atoms with E-state index in [1.807, 2.05) is 92.7 Å². The number of aryl methyl sites for hydroxylation is 1. The number of amidine groups is 2. The number of amides is 2. The fourth-order valence-electron chi connectivity index (χ4n) is 4.01. The van der Waals surface area contributed by atoms with Crippen LogP contribution in [0.5, 0.6) is 0 Å². The minimum absolute atomic E-state index is 0.119. The molecule has 2 heterocycles. The van der Waals surface area contributed by atoms with Crippen LogP contribution in [0.1, 0.15) is 23.6 Å². The average molecular weight is 469 g/mol. The molecule has 6 nitrogen and oxygen atoms in total. The average Bonchev–Trinajstić information content (AvgIpc) is 3.17. The van der Waals surface area contributed by atoms with Crippen molar-refractivity contribution in [2.75, 3.05) is 5.32 Å². The molecule has 5 rings (SSSR count). The fraction of sp³-hybridized carbons (Fsp3) is 0.185. The van der Waals surface area contributed by atoms with E-state index in [4.69, 9.17) is 9.98 Å². The second kappa shape index (κ2) is 9.27. The van der Waals surface area contributed by atoms with Crippen LogP contribution >= 0.6 is 11.8 Å². The van der Waals surface area contributed by atoms with Gasteiger partial charge in [-0.25, -0.2) is 9.89 Å². The van der Waals surface area contributed by atoms with Gasteiger partial charge in [-0.1, -0.05) is 72.4 Å². The molecule has 0 aliphatic carbocycles. The first-order chi connectivity index (χ1) is 16.5. The van der Waals surface area contributed by atoms with Gasteiger partial charge in [0.15, 0.2) is 5.17 Å². The molecule has 0 saturated carbocycles. The van der Waals surface area contributed by atoms with Crippen molar-refractivity contribution in [2.45, 2.75) is 31.6 Å². The molecular weight excluding hydrogens is 444 g/mol. The first kappa shape index (κ1) is 22.1. The number of fused-ring (bicyclic) bond motifs is 3. The number of rotatable bonds is 5. The number of nitrogens with zero attached hydrogens (tertiary/aromatic N) is 3. The number of carbonyl (C=O) groups excluding carboxylic acids is 2. The van der Waals surface area contributed by atoms with Crippen LogP contribution in [0.15, 0.2) is 88.8 Å². The highest BCUT2D eigenvalue weighted by molar-refractivity contribution is 8.15. The van der Waals surface area contributed by atoms with E-state index in [0.717, 1.165) is 28.1 Å². The summed E-state index contributed by atoms with van der Waals surface area (Å²) in [4.78, 5) is 37.6. The maximum absolute atomic E-state index is 13.5. The number of aliphatic imine (C=N–C) groups is 2. The van der Waals surface area contributed by atoms with Crippen LogP contribution < -0.4 is 5.32 Å². The first-order valence-electron chi connectivity index (χ1n) is 11.2. The quantitative estimate of drug-likeness (QED) is 0.575. The molecule has 0 radical (unpaired) electrons. The number of nitrogens with one attached hydrogen (secondary N) is 1. The topological polar surface area (TPSA) is 74.1 Å². The maximum atomic E-state index is 13.5. The van der Waals surface area contributed by atoms with Crippen LogP contribution in [0.2, 0.25) is 0 Å². The zero-order chi connectivity index (χ0) is 23.7. The SMILES string of the molecule is Cc1ccccc1NC(=O)[C@H](C)SC1=Nc2ccccc2C2=N[C@@H](Cc3ccccc3)C(=O)N12. The van der Waals surface area contributed by atoms with Gasteiger partial charge in [-0.3, -0.25) is 14.6 Å². The van der Waals surface area contributed by atoms with Crippen LogP contribution in [0.3, 0.4) is 0 Å². The summed E-state index contributed by atoms with van der Waals surface area (Å²) in [5.41, 5.74) is 4.39. The number of anilines is 1. The van der Waals surface area contributed by atoms with Crippen LogP contribution in [0.25, 0.3) is 0 Å². The lowest BCUT2D eigenvalue weighted by atomic mass is 10.1. The van der Waals surface area contributed by atoms with E-state index in [0.29, 0.717) is 17.4 Å². The van der Waals surface area contributed by atoms with Gasteiger partial charge in [0.25, 0.3) is 5.91 Å². The second-order valence-corrected chi connectivity index (χ2v) is 9.62. The Morgan fingerprint density at radius 2 is 1.74 bits per heavy atom. The molecule has 0 fully saturated rings. The third kappa shape index (κ3) is 4.26. The molecule has 0 spiro atoms. The minimum atomic E-state index is -0.523. The zero-order valence-corrected chi connectivity index (χ0v) is 19.8. The van der Waals surface area contributed by atoms with Gasteiger partial charge < -0.3 is 5.32 Å². The van der Waals surface area contributed by atoms with Crippen molar-refractivity contribution in [1.82, 2.24) is 4.90 Å². The van der Waals surface area contributed by atoms with Gasteiger partial charge in [0, 0.05) is 17.7 Å². The van der Waals surface area contributed by atoms with Crippen LogP contribution in [0.4, 0.5) is 11.4 Å². The van der Waals surface area contributed by atoms with Crippen LogP contribution in [0, 0.1) is 6.92 Å². The summed E-state index contributed by atoms with van der Waals surface area (Å²) in [6.07, 6.45) is 0.517. The number of hydrogen-bond donors (Lipinski definition) is 1. The smallest absolute Gasteiger partial charge is 0.259 e. The molecule has 1 N–H and O–H groups in total. The summed E-state index contributed by atoms with van der Waals surface area (Å²) >= 11 is 1.27. The Morgan fingerprint density at radius 3 is 2.53 bits per heavy atom. The normalized spacial score (nSPS) is 17.4. The third-order valence-electron chi connectivity index (χ3n) is 5.87. The van der Waals surface area contributed by atoms with Gasteiger partial charge in [-0.05, 0) is 43.2 Å². The van der Waals surface area contributed by atoms with Gasteiger partial charge in [0.2, 0.25) is 5.91 Å². The van der Waals surface area contributed by atoms with Crippen molar-refractivity contribution in [1.29, 1.82) is 0 Å². The number of benzene rings is 3. The lowest BCUT2D eigenvalue weighted by Crippen LogP contribution is -2.42. The van der Waals surface area contributed by atoms with E-state index in [-0.39, 0.29) is 11.8 Å². The molecule has 2 atom stereocenters. The summed E-state index contributed by atoms with van der Waals surface area (Å²) < 4.78 is 0. The predicted octanol–water partition coefficient (Wildman–Crippen LogP) is 4.96. The number of para-hydroxylation sites is 2. The number of thioether (sulfide) groups is 1. The molecule has 7 heteroatoms. The summed E-state index contributed by atoms with van der Waals surface area (Å²) in [6.45, 7) is 3.77. The molecule has 2 aliphatic heterocycles. The van der Waals surface area contributed by atoms with Crippen molar-refractivity contribution in [2.24, 2.45) is 9.98 Å². The molecule has 3 aromatic rings. The Hall–Kier alpha value is -3.71. The highest BCUT2D eigenvalue weighted by atomic mass is 32.2. The second-order valence-electron chi connectivity index (χ2n) is 8.31. The van der Waals surface area contributed by atoms with E-state index in [1.54, 1.807) is 4.90 Å². The van der Waals surface area contributed by atoms with Gasteiger partial charge >= 0.3 is 0 Å². The van der Waals surface area contributed by atoms with Crippen LogP contribution in [-0.4, -0.2) is 39.0 Å². The predicted molar refractivity (Wildman–Crippen MR) is 138 cm³/mol. The summed E-state index contributed by atoms with van der Waals surface area (Å²) in [5.74, 6) is 0.337. The first-order valence-corrected chi connectivity index (χ1v) is 12.1. The van der Waals surface area contributed by atoms with Gasteiger partial charge in [-0.15, -0.1) is 0 Å². The Kier molecular flexibility index (Phi) is 6.02. The Balaban J connectivity index is 1.41. The molecule has 34 heavy (non-hydrogen) atoms. The summed E-state index contributed by atoms with van der Waals surface area (Å²) in [6, 6.07) is 24.7. The monoisotopic (exact) mass is 468 g/mol. The lowest BCUT2D eigenvalue weighted by molar-refractivity contribution is -0.124. The Labute approximate surface area is 202 Å². The van der Waals surface area contributed by atoms with Gasteiger partial charge in [0.05, 0.1) is 10.9 Å². The highest BCUT2D eigenvalue weighted by Gasteiger charge is 2.42. The molecule has 0 aromatic heterocycles. The van der Waals surface area contributed by atoms with Gasteiger partial charge in [-0.2, -0.15) is 0 Å². The van der Waals surface area contributed by atoms with Crippen molar-refractivity contribution in [3.63, 3.8) is 0 Å².